The number of hydrogen-bond acceptors (Lipinski definition) is 2. The first-order valence-electron chi connectivity index (χ1n) is 7.31. The van der Waals surface area contributed by atoms with Crippen molar-refractivity contribution >= 4 is 11.6 Å². The Morgan fingerprint density at radius 1 is 1.21 bits per heavy atom. The lowest BCUT2D eigenvalue weighted by molar-refractivity contribution is 0.193. The molecule has 0 bridgehead atoms. The highest BCUT2D eigenvalue weighted by molar-refractivity contribution is 6.32. The molecule has 0 fully saturated rings. The molecule has 1 atom stereocenters. The third kappa shape index (κ3) is 5.04. The van der Waals surface area contributed by atoms with Crippen LogP contribution < -0.4 is 10.1 Å². The van der Waals surface area contributed by atoms with Crippen LogP contribution in [0.4, 0.5) is 0 Å². The molecule has 3 heteroatoms. The van der Waals surface area contributed by atoms with Crippen molar-refractivity contribution in [1.82, 2.24) is 5.32 Å². The molecule has 1 aromatic rings. The van der Waals surface area contributed by atoms with E-state index in [1.54, 1.807) is 0 Å². The smallest absolute Gasteiger partial charge is 0.138 e. The van der Waals surface area contributed by atoms with Crippen molar-refractivity contribution in [1.29, 1.82) is 0 Å². The number of rotatable bonds is 8. The highest BCUT2D eigenvalue weighted by Crippen LogP contribution is 2.29. The minimum absolute atomic E-state index is 0.249. The minimum atomic E-state index is 0.249. The fraction of sp³-hybridized carbons (Fsp3) is 0.625. The van der Waals surface area contributed by atoms with E-state index < -0.39 is 0 Å². The van der Waals surface area contributed by atoms with Crippen molar-refractivity contribution in [2.45, 2.75) is 59.1 Å². The Bertz CT molecular complexity index is 377. The van der Waals surface area contributed by atoms with E-state index in [2.05, 4.69) is 39.1 Å². The van der Waals surface area contributed by atoms with Gasteiger partial charge in [0.2, 0.25) is 0 Å². The van der Waals surface area contributed by atoms with Crippen molar-refractivity contribution < 1.29 is 4.74 Å². The summed E-state index contributed by atoms with van der Waals surface area (Å²) in [5.74, 6) is 0.793. The summed E-state index contributed by atoms with van der Waals surface area (Å²) >= 11 is 6.31. The van der Waals surface area contributed by atoms with Crippen molar-refractivity contribution in [2.24, 2.45) is 0 Å². The lowest BCUT2D eigenvalue weighted by atomic mass is 10.1. The third-order valence-electron chi connectivity index (χ3n) is 3.36. The van der Waals surface area contributed by atoms with Crippen molar-refractivity contribution in [3.8, 4) is 5.75 Å². The van der Waals surface area contributed by atoms with Crippen LogP contribution >= 0.6 is 11.6 Å². The molecule has 0 saturated carbocycles. The number of halogens is 1. The molecule has 1 aromatic carbocycles. The quantitative estimate of drug-likeness (QED) is 0.727. The topological polar surface area (TPSA) is 21.3 Å². The molecule has 19 heavy (non-hydrogen) atoms. The summed E-state index contributed by atoms with van der Waals surface area (Å²) in [5.41, 5.74) is 1.20. The molecule has 2 nitrogen and oxygen atoms in total. The fourth-order valence-electron chi connectivity index (χ4n) is 2.00. The average molecular weight is 284 g/mol. The lowest BCUT2D eigenvalue weighted by Crippen LogP contribution is -2.19. The molecule has 108 valence electrons. The second-order valence-corrected chi connectivity index (χ2v) is 5.33. The van der Waals surface area contributed by atoms with Crippen LogP contribution in [-0.2, 0) is 0 Å². The van der Waals surface area contributed by atoms with Crippen LogP contribution in [0.2, 0.25) is 5.02 Å². The zero-order valence-electron chi connectivity index (χ0n) is 12.5. The molecule has 0 aliphatic heterocycles. The lowest BCUT2D eigenvalue weighted by Gasteiger charge is -2.19. The maximum Gasteiger partial charge on any atom is 0.138 e. The SMILES string of the molecule is CCCNC(C)c1ccc(OC(CC)CC)c(Cl)c1. The summed E-state index contributed by atoms with van der Waals surface area (Å²) in [6, 6.07) is 6.41. The van der Waals surface area contributed by atoms with E-state index >= 15 is 0 Å². The molecule has 0 spiro atoms. The summed E-state index contributed by atoms with van der Waals surface area (Å²) in [6.07, 6.45) is 3.39. The van der Waals surface area contributed by atoms with Crippen LogP contribution in [0.15, 0.2) is 18.2 Å². The third-order valence-corrected chi connectivity index (χ3v) is 3.66. The maximum absolute atomic E-state index is 6.31. The van der Waals surface area contributed by atoms with Crippen LogP contribution in [0, 0.1) is 0 Å². The van der Waals surface area contributed by atoms with Gasteiger partial charge in [-0.1, -0.05) is 38.4 Å². The normalized spacial score (nSPS) is 12.7. The van der Waals surface area contributed by atoms with E-state index in [0.29, 0.717) is 11.1 Å². The summed E-state index contributed by atoms with van der Waals surface area (Å²) in [7, 11) is 0. The standard InChI is InChI=1S/C16H26ClNO/c1-5-10-18-12(4)13-8-9-16(15(17)11-13)19-14(6-2)7-3/h8-9,11-12,14,18H,5-7,10H2,1-4H3. The van der Waals surface area contributed by atoms with Gasteiger partial charge in [0.05, 0.1) is 11.1 Å². The largest absolute Gasteiger partial charge is 0.489 e. The molecule has 0 amide bonds. The molecule has 0 heterocycles. The van der Waals surface area contributed by atoms with Crippen LogP contribution in [0.25, 0.3) is 0 Å². The molecule has 0 aromatic heterocycles. The number of benzene rings is 1. The van der Waals surface area contributed by atoms with E-state index in [0.717, 1.165) is 31.6 Å². The monoisotopic (exact) mass is 283 g/mol. The molecule has 0 aliphatic rings. The zero-order chi connectivity index (χ0) is 14.3. The zero-order valence-corrected chi connectivity index (χ0v) is 13.3. The first-order chi connectivity index (χ1) is 9.12. The Hall–Kier alpha value is -0.730. The van der Waals surface area contributed by atoms with Crippen LogP contribution in [-0.4, -0.2) is 12.6 Å². The maximum atomic E-state index is 6.31. The Kier molecular flexibility index (Phi) is 7.25. The molecular formula is C16H26ClNO. The first-order valence-corrected chi connectivity index (χ1v) is 7.69. The van der Waals surface area contributed by atoms with Crippen LogP contribution in [0.1, 0.15) is 58.6 Å². The average Bonchev–Trinajstić information content (AvgIpc) is 2.43. The van der Waals surface area contributed by atoms with Gasteiger partial charge in [0.15, 0.2) is 0 Å². The molecule has 1 rings (SSSR count). The van der Waals surface area contributed by atoms with Gasteiger partial charge < -0.3 is 10.1 Å². The van der Waals surface area contributed by atoms with Gasteiger partial charge in [-0.05, 0) is 50.4 Å². The number of ether oxygens (including phenoxy) is 1. The van der Waals surface area contributed by atoms with Gasteiger partial charge in [0.1, 0.15) is 5.75 Å². The first kappa shape index (κ1) is 16.3. The second-order valence-electron chi connectivity index (χ2n) is 4.92. The summed E-state index contributed by atoms with van der Waals surface area (Å²) in [5, 5.41) is 4.16. The Labute approximate surface area is 122 Å². The Balaban J connectivity index is 2.73. The predicted octanol–water partition coefficient (Wildman–Crippen LogP) is 4.97. The second kappa shape index (κ2) is 8.44. The molecule has 0 aliphatic carbocycles. The molecule has 1 N–H and O–H groups in total. The molecule has 0 saturated heterocycles. The van der Waals surface area contributed by atoms with E-state index in [1.165, 1.54) is 5.56 Å². The van der Waals surface area contributed by atoms with E-state index in [9.17, 15) is 0 Å². The summed E-state index contributed by atoms with van der Waals surface area (Å²) in [6.45, 7) is 9.60. The summed E-state index contributed by atoms with van der Waals surface area (Å²) in [4.78, 5) is 0. The Morgan fingerprint density at radius 2 is 1.89 bits per heavy atom. The van der Waals surface area contributed by atoms with Crippen molar-refractivity contribution in [2.75, 3.05) is 6.54 Å². The number of nitrogens with one attached hydrogen (secondary N) is 1. The van der Waals surface area contributed by atoms with Crippen molar-refractivity contribution in [3.05, 3.63) is 28.8 Å². The van der Waals surface area contributed by atoms with Gasteiger partial charge in [0, 0.05) is 6.04 Å². The van der Waals surface area contributed by atoms with Gasteiger partial charge >= 0.3 is 0 Å². The van der Waals surface area contributed by atoms with E-state index in [1.807, 2.05) is 12.1 Å². The van der Waals surface area contributed by atoms with Crippen LogP contribution in [0.3, 0.4) is 0 Å². The minimum Gasteiger partial charge on any atom is -0.489 e. The Morgan fingerprint density at radius 3 is 2.42 bits per heavy atom. The van der Waals surface area contributed by atoms with Gasteiger partial charge in [-0.2, -0.15) is 0 Å². The number of hydrogen-bond donors (Lipinski definition) is 1. The summed E-state index contributed by atoms with van der Waals surface area (Å²) < 4.78 is 5.91. The van der Waals surface area contributed by atoms with Crippen molar-refractivity contribution in [3.63, 3.8) is 0 Å². The fourth-order valence-corrected chi connectivity index (χ4v) is 2.23. The molecule has 0 radical (unpaired) electrons. The van der Waals surface area contributed by atoms with Gasteiger partial charge in [-0.3, -0.25) is 0 Å². The van der Waals surface area contributed by atoms with E-state index in [4.69, 9.17) is 16.3 Å². The van der Waals surface area contributed by atoms with E-state index in [-0.39, 0.29) is 6.10 Å². The molecular weight excluding hydrogens is 258 g/mol. The predicted molar refractivity (Wildman–Crippen MR) is 83.2 cm³/mol. The van der Waals surface area contributed by atoms with Gasteiger partial charge in [-0.25, -0.2) is 0 Å². The van der Waals surface area contributed by atoms with Crippen LogP contribution in [0.5, 0.6) is 5.75 Å². The van der Waals surface area contributed by atoms with Gasteiger partial charge in [0.25, 0.3) is 0 Å². The molecule has 1 unspecified atom stereocenters. The van der Waals surface area contributed by atoms with Gasteiger partial charge in [-0.15, -0.1) is 0 Å². The highest BCUT2D eigenvalue weighted by Gasteiger charge is 2.11. The highest BCUT2D eigenvalue weighted by atomic mass is 35.5.